The van der Waals surface area contributed by atoms with Gasteiger partial charge in [-0.3, -0.25) is 0 Å². The molecule has 2 heterocycles. The average molecular weight is 279 g/mol. The first kappa shape index (κ1) is 14.9. The van der Waals surface area contributed by atoms with Crippen molar-refractivity contribution in [2.24, 2.45) is 5.92 Å². The zero-order valence-electron chi connectivity index (χ0n) is 12.4. The molecule has 1 aliphatic heterocycles. The number of esters is 1. The number of ether oxygens (including phenoxy) is 2. The molecule has 1 aromatic rings. The molecule has 2 rings (SSSR count). The molecule has 1 aromatic heterocycles. The van der Waals surface area contributed by atoms with Crippen LogP contribution in [0, 0.1) is 5.92 Å². The zero-order valence-corrected chi connectivity index (χ0v) is 12.4. The van der Waals surface area contributed by atoms with E-state index >= 15 is 0 Å². The molecule has 0 bridgehead atoms. The molecule has 0 aliphatic carbocycles. The van der Waals surface area contributed by atoms with Gasteiger partial charge < -0.3 is 14.8 Å². The monoisotopic (exact) mass is 279 g/mol. The molecule has 20 heavy (non-hydrogen) atoms. The van der Waals surface area contributed by atoms with Gasteiger partial charge in [0.25, 0.3) is 0 Å². The van der Waals surface area contributed by atoms with E-state index in [9.17, 15) is 4.79 Å². The second-order valence-corrected chi connectivity index (χ2v) is 5.17. The van der Waals surface area contributed by atoms with E-state index in [0.717, 1.165) is 24.2 Å². The fourth-order valence-corrected chi connectivity index (χ4v) is 2.43. The molecular formula is C14H21N3O3. The van der Waals surface area contributed by atoms with Gasteiger partial charge in [-0.15, -0.1) is 0 Å². The third-order valence-corrected chi connectivity index (χ3v) is 3.44. The number of carbonyl (C=O) groups is 1. The Morgan fingerprint density at radius 3 is 2.65 bits per heavy atom. The Kier molecular flexibility index (Phi) is 4.67. The van der Waals surface area contributed by atoms with E-state index in [0.29, 0.717) is 18.1 Å². The molecule has 0 saturated heterocycles. The molecule has 0 spiro atoms. The summed E-state index contributed by atoms with van der Waals surface area (Å²) < 4.78 is 10.3. The van der Waals surface area contributed by atoms with Crippen molar-refractivity contribution in [2.45, 2.75) is 32.9 Å². The highest BCUT2D eigenvalue weighted by atomic mass is 16.5. The lowest BCUT2D eigenvalue weighted by Gasteiger charge is -2.23. The number of hydrogen-bond acceptors (Lipinski definition) is 6. The molecule has 1 atom stereocenters. The summed E-state index contributed by atoms with van der Waals surface area (Å²) >= 11 is 0. The molecule has 0 aromatic carbocycles. The Morgan fingerprint density at radius 1 is 1.30 bits per heavy atom. The molecular weight excluding hydrogens is 258 g/mol. The van der Waals surface area contributed by atoms with Crippen LogP contribution in [0.4, 0.5) is 0 Å². The number of nitrogens with zero attached hydrogens (tertiary/aromatic N) is 2. The van der Waals surface area contributed by atoms with Crippen molar-refractivity contribution < 1.29 is 14.3 Å². The van der Waals surface area contributed by atoms with E-state index in [1.807, 2.05) is 13.8 Å². The lowest BCUT2D eigenvalue weighted by Crippen LogP contribution is -2.29. The summed E-state index contributed by atoms with van der Waals surface area (Å²) in [4.78, 5) is 20.9. The van der Waals surface area contributed by atoms with Gasteiger partial charge in [0.1, 0.15) is 6.10 Å². The Hall–Kier alpha value is -1.53. The van der Waals surface area contributed by atoms with Crippen molar-refractivity contribution in [3.05, 3.63) is 22.8 Å². The van der Waals surface area contributed by atoms with Gasteiger partial charge in [0.05, 0.1) is 12.8 Å². The second kappa shape index (κ2) is 6.28. The van der Waals surface area contributed by atoms with Crippen molar-refractivity contribution >= 4 is 5.97 Å². The molecule has 110 valence electrons. The number of carbonyl (C=O) groups excluding carboxylic acids is 1. The third kappa shape index (κ3) is 2.81. The number of hydrogen-bond donors (Lipinski definition) is 1. The lowest BCUT2D eigenvalue weighted by molar-refractivity contribution is 0.0538. The molecule has 0 radical (unpaired) electrons. The van der Waals surface area contributed by atoms with Crippen LogP contribution in [0.1, 0.15) is 47.5 Å². The van der Waals surface area contributed by atoms with Crippen molar-refractivity contribution in [3.8, 4) is 0 Å². The van der Waals surface area contributed by atoms with E-state index in [4.69, 9.17) is 9.47 Å². The van der Waals surface area contributed by atoms with Crippen LogP contribution in [0.3, 0.4) is 0 Å². The summed E-state index contributed by atoms with van der Waals surface area (Å²) in [6, 6.07) is 0. The Morgan fingerprint density at radius 2 is 2.05 bits per heavy atom. The Bertz CT molecular complexity index is 503. The summed E-state index contributed by atoms with van der Waals surface area (Å²) in [6.07, 6.45) is 0.558. The maximum absolute atomic E-state index is 11.9. The highest BCUT2D eigenvalue weighted by molar-refractivity contribution is 5.89. The van der Waals surface area contributed by atoms with Crippen molar-refractivity contribution in [1.29, 1.82) is 0 Å². The van der Waals surface area contributed by atoms with Gasteiger partial charge in [-0.05, 0) is 5.92 Å². The predicted molar refractivity (Wildman–Crippen MR) is 73.4 cm³/mol. The van der Waals surface area contributed by atoms with Crippen molar-refractivity contribution in [2.75, 3.05) is 20.8 Å². The first-order valence-electron chi connectivity index (χ1n) is 6.80. The second-order valence-electron chi connectivity index (χ2n) is 5.17. The molecule has 6 nitrogen and oxygen atoms in total. The highest BCUT2D eigenvalue weighted by Crippen LogP contribution is 2.25. The van der Waals surface area contributed by atoms with Gasteiger partial charge in [-0.25, -0.2) is 14.8 Å². The normalized spacial score (nSPS) is 15.8. The SMILES string of the molecule is COC(=O)c1nc(C(OC)C(C)C)nc2c1CNCC2. The van der Waals surface area contributed by atoms with Crippen molar-refractivity contribution in [3.63, 3.8) is 0 Å². The topological polar surface area (TPSA) is 73.3 Å². The number of methoxy groups -OCH3 is 2. The van der Waals surface area contributed by atoms with Gasteiger partial charge in [0.15, 0.2) is 11.5 Å². The van der Waals surface area contributed by atoms with Crippen molar-refractivity contribution in [1.82, 2.24) is 15.3 Å². The summed E-state index contributed by atoms with van der Waals surface area (Å²) in [5.41, 5.74) is 2.10. The maximum Gasteiger partial charge on any atom is 0.357 e. The molecule has 0 fully saturated rings. The number of nitrogens with one attached hydrogen (secondary N) is 1. The fraction of sp³-hybridized carbons (Fsp3) is 0.643. The molecule has 0 saturated carbocycles. The minimum absolute atomic E-state index is 0.224. The van der Waals surface area contributed by atoms with Crippen LogP contribution < -0.4 is 5.32 Å². The van der Waals surface area contributed by atoms with E-state index in [-0.39, 0.29) is 12.0 Å². The minimum Gasteiger partial charge on any atom is -0.464 e. The van der Waals surface area contributed by atoms with E-state index in [1.54, 1.807) is 7.11 Å². The smallest absolute Gasteiger partial charge is 0.357 e. The lowest BCUT2D eigenvalue weighted by atomic mass is 10.0. The van der Waals surface area contributed by atoms with Crippen LogP contribution in [0.5, 0.6) is 0 Å². The van der Waals surface area contributed by atoms with Crippen LogP contribution in [-0.4, -0.2) is 36.7 Å². The standard InChI is InChI=1S/C14H21N3O3/c1-8(2)12(19-3)13-16-10-5-6-15-7-9(10)11(17-13)14(18)20-4/h8,12,15H,5-7H2,1-4H3. The number of aromatic nitrogens is 2. The maximum atomic E-state index is 11.9. The molecule has 6 heteroatoms. The highest BCUT2D eigenvalue weighted by Gasteiger charge is 2.26. The quantitative estimate of drug-likeness (QED) is 0.836. The van der Waals surface area contributed by atoms with E-state index in [1.165, 1.54) is 7.11 Å². The molecule has 1 aliphatic rings. The first-order chi connectivity index (χ1) is 9.58. The van der Waals surface area contributed by atoms with Crippen LogP contribution >= 0.6 is 0 Å². The minimum atomic E-state index is -0.424. The van der Waals surface area contributed by atoms with Crippen LogP contribution in [0.2, 0.25) is 0 Å². The van der Waals surface area contributed by atoms with Gasteiger partial charge in [0, 0.05) is 32.2 Å². The first-order valence-corrected chi connectivity index (χ1v) is 6.80. The van der Waals surface area contributed by atoms with Gasteiger partial charge in [-0.2, -0.15) is 0 Å². The molecule has 0 amide bonds. The fourth-order valence-electron chi connectivity index (χ4n) is 2.43. The largest absolute Gasteiger partial charge is 0.464 e. The van der Waals surface area contributed by atoms with E-state index < -0.39 is 5.97 Å². The summed E-state index contributed by atoms with van der Waals surface area (Å²) in [7, 11) is 3.00. The number of fused-ring (bicyclic) bond motifs is 1. The average Bonchev–Trinajstić information content (AvgIpc) is 2.46. The molecule has 1 N–H and O–H groups in total. The Balaban J connectivity index is 2.52. The molecule has 1 unspecified atom stereocenters. The number of rotatable bonds is 4. The predicted octanol–water partition coefficient (Wildman–Crippen LogP) is 1.25. The Labute approximate surface area is 118 Å². The zero-order chi connectivity index (χ0) is 14.7. The van der Waals surface area contributed by atoms with Crippen LogP contribution in [0.25, 0.3) is 0 Å². The summed E-state index contributed by atoms with van der Waals surface area (Å²) in [5.74, 6) is 0.362. The third-order valence-electron chi connectivity index (χ3n) is 3.44. The van der Waals surface area contributed by atoms with Crippen LogP contribution in [-0.2, 0) is 22.4 Å². The van der Waals surface area contributed by atoms with E-state index in [2.05, 4.69) is 15.3 Å². The van der Waals surface area contributed by atoms with Crippen LogP contribution in [0.15, 0.2) is 0 Å². The van der Waals surface area contributed by atoms with Gasteiger partial charge >= 0.3 is 5.97 Å². The van der Waals surface area contributed by atoms with Gasteiger partial charge in [0.2, 0.25) is 0 Å². The summed E-state index contributed by atoms with van der Waals surface area (Å²) in [6.45, 7) is 5.52. The van der Waals surface area contributed by atoms with Gasteiger partial charge in [-0.1, -0.05) is 13.8 Å². The summed E-state index contributed by atoms with van der Waals surface area (Å²) in [5, 5.41) is 3.23.